The Labute approximate surface area is 148 Å². The van der Waals surface area contributed by atoms with Gasteiger partial charge in [-0.15, -0.1) is 0 Å². The lowest BCUT2D eigenvalue weighted by Gasteiger charge is -2.19. The summed E-state index contributed by atoms with van der Waals surface area (Å²) in [5, 5.41) is 10.7. The normalized spacial score (nSPS) is 13.0. The van der Waals surface area contributed by atoms with Crippen molar-refractivity contribution in [3.8, 4) is 11.5 Å². The zero-order valence-corrected chi connectivity index (χ0v) is 14.6. The summed E-state index contributed by atoms with van der Waals surface area (Å²) in [7, 11) is 3.13. The van der Waals surface area contributed by atoms with Crippen molar-refractivity contribution >= 4 is 27.8 Å². The number of nitrogens with zero attached hydrogens (tertiary/aromatic N) is 2. The Bertz CT molecular complexity index is 872. The van der Waals surface area contributed by atoms with Crippen LogP contribution in [-0.4, -0.2) is 37.2 Å². The maximum absolute atomic E-state index is 12.5. The van der Waals surface area contributed by atoms with E-state index in [2.05, 4.69) is 4.99 Å². The van der Waals surface area contributed by atoms with Crippen LogP contribution < -0.4 is 9.47 Å². The summed E-state index contributed by atoms with van der Waals surface area (Å²) < 4.78 is 10.7. The lowest BCUT2D eigenvalue weighted by Crippen LogP contribution is -2.17. The molecule has 2 aromatic rings. The number of rotatable bonds is 6. The average molecular weight is 360 g/mol. The van der Waals surface area contributed by atoms with Gasteiger partial charge in [-0.2, -0.15) is 0 Å². The Kier molecular flexibility index (Phi) is 4.80. The number of hydrogen-bond donors (Lipinski definition) is 0. The highest BCUT2D eigenvalue weighted by molar-refractivity contribution is 7.17. The fraction of sp³-hybridized carbons (Fsp3) is 0.294. The number of fused-ring (bicyclic) bond motifs is 1. The summed E-state index contributed by atoms with van der Waals surface area (Å²) in [4.78, 5) is 27.6. The number of benzene rings is 1. The molecule has 0 bridgehead atoms. The van der Waals surface area contributed by atoms with Gasteiger partial charge < -0.3 is 9.47 Å². The van der Waals surface area contributed by atoms with Crippen LogP contribution in [0.1, 0.15) is 27.2 Å². The van der Waals surface area contributed by atoms with E-state index in [-0.39, 0.29) is 17.2 Å². The summed E-state index contributed by atoms with van der Waals surface area (Å²) >= 11 is 0.884. The lowest BCUT2D eigenvalue weighted by atomic mass is 9.94. The number of Topliss-reactive ketones (excluding diaryl/α,β-unsaturated/α-hetero) is 1. The zero-order chi connectivity index (χ0) is 18.0. The number of carbonyl (C=O) groups is 1. The molecule has 0 saturated heterocycles. The first-order valence-corrected chi connectivity index (χ1v) is 8.41. The first kappa shape index (κ1) is 17.1. The maximum Gasteiger partial charge on any atom is 0.324 e. The standard InChI is InChI=1S/C17H16N2O5S/c1-23-14-7-10-5-6-18-12(11(10)8-15(14)24-2)9-13(20)16-3-4-17(25-16)19(21)22/h3-4,7-8H,5-6,9H2,1-2H3. The molecule has 1 aromatic heterocycles. The molecule has 0 N–H and O–H groups in total. The molecule has 0 aliphatic carbocycles. The summed E-state index contributed by atoms with van der Waals surface area (Å²) in [5.41, 5.74) is 2.58. The van der Waals surface area contributed by atoms with E-state index in [0.717, 1.165) is 28.9 Å². The molecule has 1 aliphatic heterocycles. The fourth-order valence-corrected chi connectivity index (χ4v) is 3.52. The SMILES string of the molecule is COc1cc2c(cc1OC)C(CC(=O)c1ccc([N+](=O)[O-])s1)=NCC2. The summed E-state index contributed by atoms with van der Waals surface area (Å²) in [5.74, 6) is 1.04. The molecule has 8 heteroatoms. The molecule has 0 fully saturated rings. The van der Waals surface area contributed by atoms with Crippen LogP contribution in [0, 0.1) is 10.1 Å². The minimum absolute atomic E-state index is 0.0410. The second-order valence-corrected chi connectivity index (χ2v) is 6.50. The topological polar surface area (TPSA) is 91.0 Å². The fourth-order valence-electron chi connectivity index (χ4n) is 2.76. The first-order chi connectivity index (χ1) is 12.0. The van der Waals surface area contributed by atoms with Gasteiger partial charge in [0.2, 0.25) is 0 Å². The Morgan fingerprint density at radius 3 is 2.64 bits per heavy atom. The first-order valence-electron chi connectivity index (χ1n) is 7.59. The van der Waals surface area contributed by atoms with E-state index >= 15 is 0 Å². The molecule has 0 atom stereocenters. The van der Waals surface area contributed by atoms with Crippen LogP contribution in [0.2, 0.25) is 0 Å². The van der Waals surface area contributed by atoms with Crippen LogP contribution in [0.5, 0.6) is 11.5 Å². The smallest absolute Gasteiger partial charge is 0.324 e. The average Bonchev–Trinajstić information content (AvgIpc) is 3.11. The van der Waals surface area contributed by atoms with Crippen molar-refractivity contribution in [1.82, 2.24) is 0 Å². The number of thiophene rings is 1. The van der Waals surface area contributed by atoms with Crippen LogP contribution in [-0.2, 0) is 6.42 Å². The van der Waals surface area contributed by atoms with Gasteiger partial charge >= 0.3 is 5.00 Å². The number of ketones is 1. The Hall–Kier alpha value is -2.74. The molecule has 7 nitrogen and oxygen atoms in total. The second-order valence-electron chi connectivity index (χ2n) is 5.44. The third-order valence-corrected chi connectivity index (χ3v) is 5.06. The maximum atomic E-state index is 12.5. The van der Waals surface area contributed by atoms with Crippen molar-refractivity contribution in [3.05, 3.63) is 50.4 Å². The quantitative estimate of drug-likeness (QED) is 0.448. The molecule has 1 aromatic carbocycles. The van der Waals surface area contributed by atoms with Crippen molar-refractivity contribution in [2.75, 3.05) is 20.8 Å². The summed E-state index contributed by atoms with van der Waals surface area (Å²) in [6.45, 7) is 0.593. The van der Waals surface area contributed by atoms with Gasteiger partial charge in [0.25, 0.3) is 0 Å². The number of hydrogen-bond acceptors (Lipinski definition) is 7. The number of methoxy groups -OCH3 is 2. The molecule has 0 radical (unpaired) electrons. The van der Waals surface area contributed by atoms with Gasteiger partial charge in [-0.25, -0.2) is 0 Å². The van der Waals surface area contributed by atoms with E-state index in [9.17, 15) is 14.9 Å². The number of aliphatic imine (C=N–C) groups is 1. The van der Waals surface area contributed by atoms with Gasteiger partial charge in [0.1, 0.15) is 0 Å². The van der Waals surface area contributed by atoms with Crippen LogP contribution in [0.4, 0.5) is 5.00 Å². The van der Waals surface area contributed by atoms with Gasteiger partial charge in [-0.3, -0.25) is 19.9 Å². The zero-order valence-electron chi connectivity index (χ0n) is 13.8. The van der Waals surface area contributed by atoms with Gasteiger partial charge in [0.15, 0.2) is 17.3 Å². The van der Waals surface area contributed by atoms with Gasteiger partial charge in [-0.1, -0.05) is 11.3 Å². The molecule has 0 amide bonds. The third-order valence-electron chi connectivity index (χ3n) is 3.98. The highest BCUT2D eigenvalue weighted by Crippen LogP contribution is 2.33. The molecule has 0 unspecified atom stereocenters. The number of carbonyl (C=O) groups excluding carboxylic acids is 1. The third kappa shape index (κ3) is 3.39. The molecular weight excluding hydrogens is 344 g/mol. The molecule has 130 valence electrons. The van der Waals surface area contributed by atoms with E-state index in [1.807, 2.05) is 12.1 Å². The van der Waals surface area contributed by atoms with E-state index < -0.39 is 4.92 Å². The van der Waals surface area contributed by atoms with Crippen molar-refractivity contribution in [1.29, 1.82) is 0 Å². The summed E-state index contributed by atoms with van der Waals surface area (Å²) in [6.07, 6.45) is 0.859. The Balaban J connectivity index is 1.88. The Morgan fingerprint density at radius 2 is 2.00 bits per heavy atom. The lowest BCUT2D eigenvalue weighted by molar-refractivity contribution is -0.380. The van der Waals surface area contributed by atoms with Crippen LogP contribution in [0.3, 0.4) is 0 Å². The van der Waals surface area contributed by atoms with E-state index in [4.69, 9.17) is 9.47 Å². The molecular formula is C17H16N2O5S. The van der Waals surface area contributed by atoms with Crippen molar-refractivity contribution in [2.24, 2.45) is 4.99 Å². The highest BCUT2D eigenvalue weighted by Gasteiger charge is 2.22. The molecule has 1 aliphatic rings. The second kappa shape index (κ2) is 7.02. The molecule has 25 heavy (non-hydrogen) atoms. The van der Waals surface area contributed by atoms with Gasteiger partial charge in [0, 0.05) is 18.2 Å². The Morgan fingerprint density at radius 1 is 1.28 bits per heavy atom. The molecule has 2 heterocycles. The molecule has 3 rings (SSSR count). The predicted octanol–water partition coefficient (Wildman–Crippen LogP) is 3.29. The van der Waals surface area contributed by atoms with Gasteiger partial charge in [0.05, 0.1) is 36.2 Å². The van der Waals surface area contributed by atoms with Crippen LogP contribution in [0.25, 0.3) is 0 Å². The van der Waals surface area contributed by atoms with Crippen molar-refractivity contribution in [3.63, 3.8) is 0 Å². The molecule has 0 spiro atoms. The summed E-state index contributed by atoms with van der Waals surface area (Å²) in [6, 6.07) is 6.58. The van der Waals surface area contributed by atoms with E-state index in [1.165, 1.54) is 12.1 Å². The van der Waals surface area contributed by atoms with E-state index in [0.29, 0.717) is 28.6 Å². The van der Waals surface area contributed by atoms with Gasteiger partial charge in [-0.05, 0) is 30.2 Å². The van der Waals surface area contributed by atoms with Crippen LogP contribution >= 0.6 is 11.3 Å². The number of nitro groups is 1. The van der Waals surface area contributed by atoms with Crippen LogP contribution in [0.15, 0.2) is 29.3 Å². The van der Waals surface area contributed by atoms with Crippen molar-refractivity contribution in [2.45, 2.75) is 12.8 Å². The largest absolute Gasteiger partial charge is 0.493 e. The molecule has 0 saturated carbocycles. The predicted molar refractivity (Wildman–Crippen MR) is 94.6 cm³/mol. The van der Waals surface area contributed by atoms with E-state index in [1.54, 1.807) is 14.2 Å². The van der Waals surface area contributed by atoms with Crippen molar-refractivity contribution < 1.29 is 19.2 Å². The monoisotopic (exact) mass is 360 g/mol. The minimum atomic E-state index is -0.494. The number of ether oxygens (including phenoxy) is 2. The highest BCUT2D eigenvalue weighted by atomic mass is 32.1. The minimum Gasteiger partial charge on any atom is -0.493 e.